The lowest BCUT2D eigenvalue weighted by atomic mass is 9.50. The minimum atomic E-state index is -5.54. The van der Waals surface area contributed by atoms with E-state index in [1.54, 1.807) is 0 Å². The highest BCUT2D eigenvalue weighted by molar-refractivity contribution is 7.94. The lowest BCUT2D eigenvalue weighted by Crippen LogP contribution is -2.49. The number of halogens is 2. The molecule has 0 aromatic heterocycles. The van der Waals surface area contributed by atoms with Gasteiger partial charge in [0.05, 0.1) is 6.61 Å². The summed E-state index contributed by atoms with van der Waals surface area (Å²) in [6, 6.07) is 0. The summed E-state index contributed by atoms with van der Waals surface area (Å²) in [4.78, 5) is 11.3. The summed E-state index contributed by atoms with van der Waals surface area (Å²) < 4.78 is 52.4. The molecule has 8 heteroatoms. The molecule has 4 bridgehead atoms. The highest BCUT2D eigenvalue weighted by Gasteiger charge is 2.53. The van der Waals surface area contributed by atoms with Crippen molar-refractivity contribution in [2.24, 2.45) is 23.2 Å². The van der Waals surface area contributed by atoms with Gasteiger partial charge >= 0.3 is 11.2 Å². The van der Waals surface area contributed by atoms with Crippen LogP contribution in [0.1, 0.15) is 38.5 Å². The topological polar surface area (TPSA) is 84.2 Å². The highest BCUT2D eigenvalue weighted by Crippen LogP contribution is 2.60. The molecule has 0 unspecified atom stereocenters. The number of esters is 1. The summed E-state index contributed by atoms with van der Waals surface area (Å²) in [5.74, 6) is -0.380. The van der Waals surface area contributed by atoms with Gasteiger partial charge in [-0.25, -0.2) is 13.2 Å². The number of nitrogens with one attached hydrogen (secondary N) is 1. The van der Waals surface area contributed by atoms with E-state index in [2.05, 4.69) is 4.74 Å². The first-order chi connectivity index (χ1) is 9.61. The number of carbonyl (C=O) groups excluding carboxylic acids is 1. The molecule has 4 fully saturated rings. The Morgan fingerprint density at radius 3 is 1.95 bits per heavy atom. The summed E-state index contributed by atoms with van der Waals surface area (Å²) in [7, 11) is -5.54. The summed E-state index contributed by atoms with van der Waals surface area (Å²) in [5, 5.41) is 1.60. The van der Waals surface area contributed by atoms with E-state index in [0.29, 0.717) is 17.8 Å². The second kappa shape index (κ2) is 4.62. The number of carbonyl (C=O) groups is 1. The minimum Gasteiger partial charge on any atom is -0.558 e. The summed E-state index contributed by atoms with van der Waals surface area (Å²) >= 11 is 0. The second-order valence-corrected chi connectivity index (χ2v) is 8.53. The largest absolute Gasteiger partial charge is 0.558 e. The molecule has 4 aliphatic carbocycles. The zero-order valence-corrected chi connectivity index (χ0v) is 12.3. The molecule has 0 atom stereocenters. The van der Waals surface area contributed by atoms with E-state index in [0.717, 1.165) is 19.3 Å². The Kier molecular flexibility index (Phi) is 3.33. The van der Waals surface area contributed by atoms with Crippen LogP contribution in [0.15, 0.2) is 0 Å². The van der Waals surface area contributed by atoms with E-state index in [1.165, 1.54) is 19.3 Å². The number of hydrogen-bond acceptors (Lipinski definition) is 4. The molecule has 0 aromatic rings. The third-order valence-electron chi connectivity index (χ3n) is 5.25. The first kappa shape index (κ1) is 15.1. The van der Waals surface area contributed by atoms with Crippen LogP contribution in [0, 0.1) is 23.2 Å². The molecule has 0 aromatic carbocycles. The number of ether oxygens (including phenoxy) is 1. The Labute approximate surface area is 122 Å². The van der Waals surface area contributed by atoms with Crippen molar-refractivity contribution >= 4 is 16.0 Å². The lowest BCUT2D eigenvalue weighted by molar-refractivity contribution is -0.171. The van der Waals surface area contributed by atoms with Crippen LogP contribution in [0.2, 0.25) is 0 Å². The van der Waals surface area contributed by atoms with Crippen molar-refractivity contribution < 1.29 is 26.7 Å². The molecule has 21 heavy (non-hydrogen) atoms. The molecular formula is C13H18F2NO4S-. The highest BCUT2D eigenvalue weighted by atomic mass is 32.2. The minimum absolute atomic E-state index is 0.152. The zero-order valence-electron chi connectivity index (χ0n) is 11.5. The van der Waals surface area contributed by atoms with Crippen LogP contribution < -0.4 is 0 Å². The maximum atomic E-state index is 13.2. The van der Waals surface area contributed by atoms with Gasteiger partial charge in [-0.15, -0.1) is 0 Å². The van der Waals surface area contributed by atoms with Crippen LogP contribution >= 0.6 is 0 Å². The van der Waals surface area contributed by atoms with Crippen molar-refractivity contribution in [1.82, 2.24) is 0 Å². The van der Waals surface area contributed by atoms with Crippen molar-refractivity contribution in [2.75, 3.05) is 6.61 Å². The van der Waals surface area contributed by atoms with E-state index in [-0.39, 0.29) is 12.0 Å². The molecule has 1 N–H and O–H groups in total. The van der Waals surface area contributed by atoms with Gasteiger partial charge in [0.15, 0.2) is 0 Å². The van der Waals surface area contributed by atoms with Gasteiger partial charge in [0.2, 0.25) is 0 Å². The fourth-order valence-corrected chi connectivity index (χ4v) is 5.16. The normalized spacial score (nSPS) is 38.5. The number of rotatable bonds is 4. The number of sulfonamides is 1. The summed E-state index contributed by atoms with van der Waals surface area (Å²) in [6.07, 6.45) is 6.11. The predicted octanol–water partition coefficient (Wildman–Crippen LogP) is 2.72. The monoisotopic (exact) mass is 322 g/mol. The first-order valence-electron chi connectivity index (χ1n) is 7.15. The Balaban J connectivity index is 1.67. The first-order valence-corrected chi connectivity index (χ1v) is 8.64. The van der Waals surface area contributed by atoms with E-state index in [9.17, 15) is 22.0 Å². The van der Waals surface area contributed by atoms with Crippen molar-refractivity contribution in [3.63, 3.8) is 0 Å². The van der Waals surface area contributed by atoms with Crippen molar-refractivity contribution in [3.05, 3.63) is 5.14 Å². The van der Waals surface area contributed by atoms with Crippen LogP contribution in [0.5, 0.6) is 0 Å². The third kappa shape index (κ3) is 2.56. The molecule has 0 heterocycles. The molecule has 0 saturated heterocycles. The average molecular weight is 322 g/mol. The standard InChI is InChI=1S/C13H18F2NO4S/c14-13(15,21(16,18)19)11(17)20-7-12-4-8-1-9(5-12)3-10(2-8)6-12/h8-10H,1-7H2,(H-,16,18,19)/q-1. The van der Waals surface area contributed by atoms with Crippen molar-refractivity contribution in [1.29, 1.82) is 0 Å². The van der Waals surface area contributed by atoms with E-state index >= 15 is 0 Å². The van der Waals surface area contributed by atoms with Crippen molar-refractivity contribution in [3.8, 4) is 0 Å². The molecule has 0 amide bonds. The lowest BCUT2D eigenvalue weighted by Gasteiger charge is -2.56. The van der Waals surface area contributed by atoms with E-state index < -0.39 is 21.2 Å². The Morgan fingerprint density at radius 2 is 1.57 bits per heavy atom. The zero-order chi connectivity index (χ0) is 15.5. The van der Waals surface area contributed by atoms with Crippen LogP contribution in [-0.4, -0.2) is 26.2 Å². The van der Waals surface area contributed by atoms with Crippen LogP contribution in [0.3, 0.4) is 0 Å². The molecule has 4 saturated carbocycles. The SMILES string of the molecule is [NH-]S(=O)(=O)C(F)(F)C(=O)OCC12CC3CC(CC(C3)C1)C2. The number of alkyl halides is 2. The summed E-state index contributed by atoms with van der Waals surface area (Å²) in [6.45, 7) is -0.152. The van der Waals surface area contributed by atoms with Crippen LogP contribution in [-0.2, 0) is 19.6 Å². The second-order valence-electron chi connectivity index (χ2n) is 7.01. The molecule has 4 rings (SSSR count). The fraction of sp³-hybridized carbons (Fsp3) is 0.923. The molecule has 4 aliphatic rings. The predicted molar refractivity (Wildman–Crippen MR) is 69.8 cm³/mol. The average Bonchev–Trinajstić information content (AvgIpc) is 2.32. The van der Waals surface area contributed by atoms with Gasteiger partial charge in [0, 0.05) is 5.41 Å². The Morgan fingerprint density at radius 1 is 1.14 bits per heavy atom. The van der Waals surface area contributed by atoms with Crippen LogP contribution in [0.4, 0.5) is 8.78 Å². The van der Waals surface area contributed by atoms with Crippen molar-refractivity contribution in [2.45, 2.75) is 43.8 Å². The quantitative estimate of drug-likeness (QED) is 0.745. The maximum Gasteiger partial charge on any atom is 0.423 e. The molecule has 0 spiro atoms. The summed E-state index contributed by atoms with van der Waals surface area (Å²) in [5.41, 5.74) is -0.258. The van der Waals surface area contributed by atoms with Gasteiger partial charge in [0.25, 0.3) is 0 Å². The molecule has 5 nitrogen and oxygen atoms in total. The molecule has 0 aliphatic heterocycles. The smallest absolute Gasteiger partial charge is 0.423 e. The molecule has 0 radical (unpaired) electrons. The Bertz CT molecular complexity index is 525. The van der Waals surface area contributed by atoms with E-state index in [1.807, 2.05) is 0 Å². The van der Waals surface area contributed by atoms with Gasteiger partial charge in [-0.05, 0) is 56.3 Å². The maximum absolute atomic E-state index is 13.2. The third-order valence-corrected chi connectivity index (χ3v) is 6.09. The van der Waals surface area contributed by atoms with Gasteiger partial charge in [-0.2, -0.15) is 8.78 Å². The molecular weight excluding hydrogens is 304 g/mol. The van der Waals surface area contributed by atoms with E-state index in [4.69, 9.17) is 5.14 Å². The fourth-order valence-electron chi connectivity index (χ4n) is 4.88. The van der Waals surface area contributed by atoms with Gasteiger partial charge in [0.1, 0.15) is 10.0 Å². The van der Waals surface area contributed by atoms with Gasteiger partial charge < -0.3 is 9.88 Å². The molecule has 120 valence electrons. The Hall–Kier alpha value is -0.760. The van der Waals surface area contributed by atoms with Crippen LogP contribution in [0.25, 0.3) is 5.14 Å². The van der Waals surface area contributed by atoms with Gasteiger partial charge in [-0.1, -0.05) is 0 Å². The number of hydrogen-bond donors (Lipinski definition) is 0. The van der Waals surface area contributed by atoms with Gasteiger partial charge in [-0.3, -0.25) is 0 Å².